The number of hydrogen-bond acceptors (Lipinski definition) is 5. The molecule has 2 N–H and O–H groups in total. The fourth-order valence-corrected chi connectivity index (χ4v) is 2.59. The Morgan fingerprint density at radius 2 is 2.32 bits per heavy atom. The molecule has 22 heavy (non-hydrogen) atoms. The van der Waals surface area contributed by atoms with Gasteiger partial charge in [0.2, 0.25) is 5.91 Å². The first-order valence-corrected chi connectivity index (χ1v) is 6.93. The first-order chi connectivity index (χ1) is 10.5. The number of amides is 1. The second kappa shape index (κ2) is 5.48. The molecular weight excluding hydrogens is 293 g/mol. The van der Waals surface area contributed by atoms with Crippen LogP contribution in [-0.4, -0.2) is 44.2 Å². The largest absolute Gasteiger partial charge is 0.354 e. The molecule has 4 atom stereocenters. The molecule has 3 heterocycles. The molecule has 8 nitrogen and oxygen atoms in total. The molecule has 0 spiro atoms. The summed E-state index contributed by atoms with van der Waals surface area (Å²) in [5, 5.41) is 2.62. The number of aromatic nitrogens is 4. The Labute approximate surface area is 124 Å². The number of carbonyl (C=O) groups excluding carboxylic acids is 1. The number of nitrogens with zero attached hydrogens (tertiary/aromatic N) is 3. The lowest BCUT2D eigenvalue weighted by atomic mass is 10.0. The SMILES string of the molecule is CC(=O)NC[C@H]1O[C@@H](n2cnc3c(=O)[nH]cnc32)[C@H](F)[C@@H]1C. The Kier molecular flexibility index (Phi) is 3.65. The number of ether oxygens (including phenoxy) is 1. The van der Waals surface area contributed by atoms with Crippen LogP contribution in [0.4, 0.5) is 4.39 Å². The highest BCUT2D eigenvalue weighted by Crippen LogP contribution is 2.36. The Hall–Kier alpha value is -2.29. The van der Waals surface area contributed by atoms with Gasteiger partial charge in [-0.05, 0) is 0 Å². The van der Waals surface area contributed by atoms with E-state index in [1.165, 1.54) is 24.1 Å². The second-order valence-electron chi connectivity index (χ2n) is 5.36. The molecule has 1 saturated heterocycles. The number of H-pyrrole nitrogens is 1. The lowest BCUT2D eigenvalue weighted by Gasteiger charge is -2.16. The molecular formula is C13H16FN5O3. The first-order valence-electron chi connectivity index (χ1n) is 6.93. The molecule has 0 radical (unpaired) electrons. The topological polar surface area (TPSA) is 102 Å². The molecule has 1 amide bonds. The minimum Gasteiger partial charge on any atom is -0.354 e. The number of alkyl halides is 1. The zero-order valence-corrected chi connectivity index (χ0v) is 12.1. The molecule has 0 aromatic carbocycles. The number of aromatic amines is 1. The third-order valence-corrected chi connectivity index (χ3v) is 3.87. The van der Waals surface area contributed by atoms with E-state index in [1.807, 2.05) is 0 Å². The average molecular weight is 309 g/mol. The van der Waals surface area contributed by atoms with Crippen molar-refractivity contribution in [2.24, 2.45) is 5.92 Å². The van der Waals surface area contributed by atoms with Crippen molar-refractivity contribution in [3.63, 3.8) is 0 Å². The van der Waals surface area contributed by atoms with Gasteiger partial charge in [0, 0.05) is 19.4 Å². The third-order valence-electron chi connectivity index (χ3n) is 3.87. The summed E-state index contributed by atoms with van der Waals surface area (Å²) in [6, 6.07) is 0. The highest BCUT2D eigenvalue weighted by Gasteiger charge is 2.43. The highest BCUT2D eigenvalue weighted by atomic mass is 19.1. The summed E-state index contributed by atoms with van der Waals surface area (Å²) in [6.45, 7) is 3.34. The van der Waals surface area contributed by atoms with Crippen molar-refractivity contribution < 1.29 is 13.9 Å². The molecule has 0 saturated carbocycles. The number of halogens is 1. The molecule has 1 aliphatic rings. The molecule has 0 unspecified atom stereocenters. The van der Waals surface area contributed by atoms with Gasteiger partial charge in [-0.3, -0.25) is 14.2 Å². The summed E-state index contributed by atoms with van der Waals surface area (Å²) in [7, 11) is 0. The minimum atomic E-state index is -1.29. The van der Waals surface area contributed by atoms with Crippen LogP contribution in [0.5, 0.6) is 0 Å². The number of rotatable bonds is 3. The molecule has 3 rings (SSSR count). The van der Waals surface area contributed by atoms with Gasteiger partial charge >= 0.3 is 0 Å². The Morgan fingerprint density at radius 1 is 1.55 bits per heavy atom. The third kappa shape index (κ3) is 2.37. The average Bonchev–Trinajstić information content (AvgIpc) is 3.01. The molecule has 1 aliphatic heterocycles. The number of nitrogens with one attached hydrogen (secondary N) is 2. The quantitative estimate of drug-likeness (QED) is 0.839. The van der Waals surface area contributed by atoms with E-state index in [0.717, 1.165) is 0 Å². The van der Waals surface area contributed by atoms with E-state index < -0.39 is 24.4 Å². The molecule has 0 bridgehead atoms. The van der Waals surface area contributed by atoms with Crippen LogP contribution in [0.25, 0.3) is 11.2 Å². The van der Waals surface area contributed by atoms with Crippen molar-refractivity contribution >= 4 is 17.1 Å². The van der Waals surface area contributed by atoms with Gasteiger partial charge in [0.25, 0.3) is 5.56 Å². The van der Waals surface area contributed by atoms with E-state index in [-0.39, 0.29) is 29.2 Å². The van der Waals surface area contributed by atoms with E-state index in [1.54, 1.807) is 6.92 Å². The van der Waals surface area contributed by atoms with Crippen LogP contribution in [0.1, 0.15) is 20.1 Å². The van der Waals surface area contributed by atoms with Crippen molar-refractivity contribution in [1.82, 2.24) is 24.8 Å². The maximum atomic E-state index is 14.5. The van der Waals surface area contributed by atoms with E-state index in [9.17, 15) is 14.0 Å². The van der Waals surface area contributed by atoms with Gasteiger partial charge in [-0.2, -0.15) is 0 Å². The highest BCUT2D eigenvalue weighted by molar-refractivity contribution is 5.72. The molecule has 1 fully saturated rings. The second-order valence-corrected chi connectivity index (χ2v) is 5.36. The van der Waals surface area contributed by atoms with Crippen molar-refractivity contribution in [3.8, 4) is 0 Å². The zero-order valence-electron chi connectivity index (χ0n) is 12.1. The number of hydrogen-bond donors (Lipinski definition) is 2. The van der Waals surface area contributed by atoms with E-state index in [0.29, 0.717) is 0 Å². The number of fused-ring (bicyclic) bond motifs is 1. The van der Waals surface area contributed by atoms with Crippen molar-refractivity contribution in [3.05, 3.63) is 23.0 Å². The normalized spacial score (nSPS) is 28.1. The lowest BCUT2D eigenvalue weighted by molar-refractivity contribution is -0.119. The molecule has 2 aromatic rings. The van der Waals surface area contributed by atoms with Gasteiger partial charge in [0.1, 0.15) is 0 Å². The maximum absolute atomic E-state index is 14.5. The summed E-state index contributed by atoms with van der Waals surface area (Å²) in [6.07, 6.45) is -0.0883. The van der Waals surface area contributed by atoms with Crippen LogP contribution in [0, 0.1) is 5.92 Å². The molecule has 0 aliphatic carbocycles. The van der Waals surface area contributed by atoms with Gasteiger partial charge < -0.3 is 15.0 Å². The Morgan fingerprint density at radius 3 is 3.05 bits per heavy atom. The van der Waals surface area contributed by atoms with Crippen molar-refractivity contribution in [2.45, 2.75) is 32.4 Å². The zero-order chi connectivity index (χ0) is 15.9. The van der Waals surface area contributed by atoms with Crippen molar-refractivity contribution in [2.75, 3.05) is 6.54 Å². The van der Waals surface area contributed by atoms with Crippen molar-refractivity contribution in [1.29, 1.82) is 0 Å². The minimum absolute atomic E-state index is 0.135. The van der Waals surface area contributed by atoms with E-state index in [2.05, 4.69) is 20.3 Å². The standard InChI is InChI=1S/C13H16FN5O3/c1-6-8(3-15-7(2)20)22-13(9(6)14)19-5-18-10-11(19)16-4-17-12(10)21/h4-6,8-9,13H,3H2,1-2H3,(H,15,20)(H,16,17,21)/t6-,8-,9-,13-/m1/s1. The lowest BCUT2D eigenvalue weighted by Crippen LogP contribution is -2.33. The fourth-order valence-electron chi connectivity index (χ4n) is 2.59. The van der Waals surface area contributed by atoms with Crippen LogP contribution in [-0.2, 0) is 9.53 Å². The van der Waals surface area contributed by atoms with Crippen LogP contribution in [0.3, 0.4) is 0 Å². The van der Waals surface area contributed by atoms with E-state index >= 15 is 0 Å². The fraction of sp³-hybridized carbons (Fsp3) is 0.538. The van der Waals surface area contributed by atoms with Crippen LogP contribution >= 0.6 is 0 Å². The summed E-state index contributed by atoms with van der Waals surface area (Å²) in [4.78, 5) is 33.0. The van der Waals surface area contributed by atoms with Gasteiger partial charge in [-0.25, -0.2) is 14.4 Å². The summed E-state index contributed by atoms with van der Waals surface area (Å²) < 4.78 is 21.7. The predicted octanol–water partition coefficient (Wildman–Crippen LogP) is 0.127. The molecule has 9 heteroatoms. The predicted molar refractivity (Wildman–Crippen MR) is 74.8 cm³/mol. The van der Waals surface area contributed by atoms with Gasteiger partial charge in [0.15, 0.2) is 23.6 Å². The van der Waals surface area contributed by atoms with Gasteiger partial charge in [-0.15, -0.1) is 0 Å². The van der Waals surface area contributed by atoms with Gasteiger partial charge in [-0.1, -0.05) is 6.92 Å². The van der Waals surface area contributed by atoms with E-state index in [4.69, 9.17) is 4.74 Å². The van der Waals surface area contributed by atoms with Crippen LogP contribution in [0.2, 0.25) is 0 Å². The smallest absolute Gasteiger partial charge is 0.278 e. The summed E-state index contributed by atoms with van der Waals surface area (Å²) in [5.41, 5.74) is 0.0139. The van der Waals surface area contributed by atoms with Crippen LogP contribution in [0.15, 0.2) is 17.4 Å². The molecule has 2 aromatic heterocycles. The monoisotopic (exact) mass is 309 g/mol. The maximum Gasteiger partial charge on any atom is 0.278 e. The Balaban J connectivity index is 1.89. The number of imidazole rings is 1. The molecule has 118 valence electrons. The summed E-state index contributed by atoms with van der Waals surface area (Å²) >= 11 is 0. The first kappa shape index (κ1) is 14.6. The Bertz CT molecular complexity index is 757. The van der Waals surface area contributed by atoms with Crippen LogP contribution < -0.4 is 10.9 Å². The summed E-state index contributed by atoms with van der Waals surface area (Å²) in [5.74, 6) is -0.604. The van der Waals surface area contributed by atoms with Gasteiger partial charge in [0.05, 0.1) is 18.8 Å². The number of carbonyl (C=O) groups is 1.